The summed E-state index contributed by atoms with van der Waals surface area (Å²) < 4.78 is 0. The van der Waals surface area contributed by atoms with E-state index in [1.54, 1.807) is 35.5 Å². The number of nitrogens with zero attached hydrogens (tertiary/aromatic N) is 2. The molecule has 0 unspecified atom stereocenters. The topological polar surface area (TPSA) is 62.3 Å². The zero-order valence-electron chi connectivity index (χ0n) is 13.3. The number of pyridine rings is 1. The molecular weight excluding hydrogens is 302 g/mol. The highest BCUT2D eigenvalue weighted by atomic mass is 16.2. The lowest BCUT2D eigenvalue weighted by Crippen LogP contribution is -2.42. The largest absolute Gasteiger partial charge is 0.343 e. The van der Waals surface area contributed by atoms with Crippen LogP contribution in [0.4, 0.5) is 5.69 Å². The van der Waals surface area contributed by atoms with Gasteiger partial charge in [-0.3, -0.25) is 14.6 Å². The van der Waals surface area contributed by atoms with Gasteiger partial charge in [0.25, 0.3) is 0 Å². The summed E-state index contributed by atoms with van der Waals surface area (Å²) in [4.78, 5) is 30.0. The Kier molecular flexibility index (Phi) is 5.01. The van der Waals surface area contributed by atoms with Gasteiger partial charge in [-0.15, -0.1) is 0 Å². The standard InChI is InChI=1S/C19H19N3O2/c23-18(8-7-15-9-11-20-12-10-15)21-14-19(24)22-13-3-5-16-4-1-2-6-17(16)22/h1-2,4,6-12H,3,5,13-14H2,(H,21,23)/b8-7+. The highest BCUT2D eigenvalue weighted by Gasteiger charge is 2.21. The number of aryl methyl sites for hydroxylation is 1. The molecule has 1 aliphatic rings. The molecule has 0 saturated heterocycles. The number of aromatic nitrogens is 1. The van der Waals surface area contributed by atoms with E-state index in [1.165, 1.54) is 11.6 Å². The predicted molar refractivity (Wildman–Crippen MR) is 93.4 cm³/mol. The first-order chi connectivity index (χ1) is 11.7. The summed E-state index contributed by atoms with van der Waals surface area (Å²) in [6.07, 6.45) is 8.37. The Morgan fingerprint density at radius 1 is 1.17 bits per heavy atom. The molecule has 0 spiro atoms. The van der Waals surface area contributed by atoms with E-state index >= 15 is 0 Å². The second kappa shape index (κ2) is 7.55. The number of amides is 2. The van der Waals surface area contributed by atoms with Crippen LogP contribution in [0.25, 0.3) is 6.08 Å². The van der Waals surface area contributed by atoms with Crippen LogP contribution in [0.1, 0.15) is 17.5 Å². The highest BCUT2D eigenvalue weighted by molar-refractivity contribution is 5.99. The van der Waals surface area contributed by atoms with Gasteiger partial charge < -0.3 is 10.2 Å². The number of fused-ring (bicyclic) bond motifs is 1. The highest BCUT2D eigenvalue weighted by Crippen LogP contribution is 2.26. The Morgan fingerprint density at radius 3 is 2.79 bits per heavy atom. The normalized spacial score (nSPS) is 13.6. The molecule has 0 aliphatic carbocycles. The van der Waals surface area contributed by atoms with Crippen LogP contribution in [0, 0.1) is 0 Å². The van der Waals surface area contributed by atoms with Gasteiger partial charge >= 0.3 is 0 Å². The van der Waals surface area contributed by atoms with E-state index in [0.717, 1.165) is 24.1 Å². The summed E-state index contributed by atoms with van der Waals surface area (Å²) in [5.74, 6) is -0.377. The van der Waals surface area contributed by atoms with Crippen LogP contribution in [0.5, 0.6) is 0 Å². The van der Waals surface area contributed by atoms with Crippen molar-refractivity contribution in [2.45, 2.75) is 12.8 Å². The number of anilines is 1. The Bertz CT molecular complexity index is 756. The monoisotopic (exact) mass is 321 g/mol. The average Bonchev–Trinajstić information content (AvgIpc) is 2.64. The molecule has 1 aromatic heterocycles. The van der Waals surface area contributed by atoms with Crippen LogP contribution in [0.2, 0.25) is 0 Å². The molecule has 2 amide bonds. The molecular formula is C19H19N3O2. The predicted octanol–water partition coefficient (Wildman–Crippen LogP) is 2.19. The summed E-state index contributed by atoms with van der Waals surface area (Å²) in [7, 11) is 0. The number of para-hydroxylation sites is 1. The molecule has 0 atom stereocenters. The molecule has 2 heterocycles. The molecule has 5 heteroatoms. The SMILES string of the molecule is O=C(/C=C/c1ccncc1)NCC(=O)N1CCCc2ccccc21. The number of carbonyl (C=O) groups excluding carboxylic acids is 2. The van der Waals surface area contributed by atoms with Crippen LogP contribution in [0.15, 0.2) is 54.9 Å². The molecule has 1 aliphatic heterocycles. The van der Waals surface area contributed by atoms with Gasteiger partial charge in [-0.1, -0.05) is 18.2 Å². The molecule has 3 rings (SSSR count). The number of benzene rings is 1. The third-order valence-corrected chi connectivity index (χ3v) is 3.96. The first kappa shape index (κ1) is 15.9. The fourth-order valence-electron chi connectivity index (χ4n) is 2.76. The third kappa shape index (κ3) is 3.87. The molecule has 122 valence electrons. The van der Waals surface area contributed by atoms with Crippen LogP contribution in [0.3, 0.4) is 0 Å². The minimum atomic E-state index is -0.287. The molecule has 24 heavy (non-hydrogen) atoms. The van der Waals surface area contributed by atoms with Crippen molar-refractivity contribution in [1.29, 1.82) is 0 Å². The van der Waals surface area contributed by atoms with Crippen molar-refractivity contribution in [3.8, 4) is 0 Å². The third-order valence-electron chi connectivity index (χ3n) is 3.96. The fourth-order valence-corrected chi connectivity index (χ4v) is 2.76. The van der Waals surface area contributed by atoms with Crippen molar-refractivity contribution in [2.24, 2.45) is 0 Å². The summed E-state index contributed by atoms with van der Waals surface area (Å²) >= 11 is 0. The second-order valence-corrected chi connectivity index (χ2v) is 5.61. The van der Waals surface area contributed by atoms with Crippen molar-refractivity contribution >= 4 is 23.6 Å². The van der Waals surface area contributed by atoms with E-state index in [4.69, 9.17) is 0 Å². The van der Waals surface area contributed by atoms with Gasteiger partial charge in [-0.25, -0.2) is 0 Å². The Labute approximate surface area is 141 Å². The van der Waals surface area contributed by atoms with E-state index in [1.807, 2.05) is 24.3 Å². The van der Waals surface area contributed by atoms with Gasteiger partial charge in [0.2, 0.25) is 11.8 Å². The number of carbonyl (C=O) groups is 2. The van der Waals surface area contributed by atoms with Gasteiger partial charge in [0.1, 0.15) is 0 Å². The first-order valence-corrected chi connectivity index (χ1v) is 7.98. The van der Waals surface area contributed by atoms with Crippen molar-refractivity contribution in [3.63, 3.8) is 0 Å². The van der Waals surface area contributed by atoms with Crippen molar-refractivity contribution in [1.82, 2.24) is 10.3 Å². The average molecular weight is 321 g/mol. The molecule has 0 saturated carbocycles. The van der Waals surface area contributed by atoms with Crippen LogP contribution < -0.4 is 10.2 Å². The van der Waals surface area contributed by atoms with Crippen molar-refractivity contribution in [3.05, 3.63) is 66.0 Å². The summed E-state index contributed by atoms with van der Waals surface area (Å²) in [5, 5.41) is 2.65. The number of hydrogen-bond acceptors (Lipinski definition) is 3. The van der Waals surface area contributed by atoms with Crippen LogP contribution in [-0.4, -0.2) is 29.9 Å². The Morgan fingerprint density at radius 2 is 1.96 bits per heavy atom. The first-order valence-electron chi connectivity index (χ1n) is 7.98. The zero-order chi connectivity index (χ0) is 16.8. The van der Waals surface area contributed by atoms with E-state index in [-0.39, 0.29) is 18.4 Å². The zero-order valence-corrected chi connectivity index (χ0v) is 13.3. The molecule has 0 radical (unpaired) electrons. The van der Waals surface area contributed by atoms with Crippen molar-refractivity contribution in [2.75, 3.05) is 18.0 Å². The lowest BCUT2D eigenvalue weighted by Gasteiger charge is -2.29. The van der Waals surface area contributed by atoms with Gasteiger partial charge in [-0.2, -0.15) is 0 Å². The molecule has 2 aromatic rings. The van der Waals surface area contributed by atoms with E-state index in [0.29, 0.717) is 6.54 Å². The Hall–Kier alpha value is -2.95. The van der Waals surface area contributed by atoms with Gasteiger partial charge in [0, 0.05) is 30.7 Å². The van der Waals surface area contributed by atoms with Crippen LogP contribution in [-0.2, 0) is 16.0 Å². The van der Waals surface area contributed by atoms with Gasteiger partial charge in [0.15, 0.2) is 0 Å². The van der Waals surface area contributed by atoms with Crippen LogP contribution >= 0.6 is 0 Å². The lowest BCUT2D eigenvalue weighted by molar-refractivity contribution is -0.122. The second-order valence-electron chi connectivity index (χ2n) is 5.61. The maximum absolute atomic E-state index is 12.4. The quantitative estimate of drug-likeness (QED) is 0.878. The Balaban J connectivity index is 1.56. The smallest absolute Gasteiger partial charge is 0.246 e. The molecule has 5 nitrogen and oxygen atoms in total. The molecule has 0 bridgehead atoms. The minimum Gasteiger partial charge on any atom is -0.343 e. The maximum atomic E-state index is 12.4. The maximum Gasteiger partial charge on any atom is 0.246 e. The number of rotatable bonds is 4. The minimum absolute atomic E-state index is 0.00610. The summed E-state index contributed by atoms with van der Waals surface area (Å²) in [5.41, 5.74) is 3.02. The number of nitrogens with one attached hydrogen (secondary N) is 1. The van der Waals surface area contributed by atoms with Crippen molar-refractivity contribution < 1.29 is 9.59 Å². The summed E-state index contributed by atoms with van der Waals surface area (Å²) in [6.45, 7) is 0.687. The molecule has 0 fully saturated rings. The van der Waals surface area contributed by atoms with E-state index < -0.39 is 0 Å². The summed E-state index contributed by atoms with van der Waals surface area (Å²) in [6, 6.07) is 11.5. The van der Waals surface area contributed by atoms with Gasteiger partial charge in [-0.05, 0) is 48.2 Å². The lowest BCUT2D eigenvalue weighted by atomic mass is 10.0. The molecule has 1 aromatic carbocycles. The van der Waals surface area contributed by atoms with E-state index in [9.17, 15) is 9.59 Å². The fraction of sp³-hybridized carbons (Fsp3) is 0.211. The van der Waals surface area contributed by atoms with E-state index in [2.05, 4.69) is 10.3 Å². The molecule has 1 N–H and O–H groups in total. The van der Waals surface area contributed by atoms with Gasteiger partial charge in [0.05, 0.1) is 6.54 Å². The number of hydrogen-bond donors (Lipinski definition) is 1.